The Hall–Kier alpha value is -5.21. The van der Waals surface area contributed by atoms with E-state index < -0.39 is 22.4 Å². The standard InChI is InChI=1S/C20H15FN8O6/c1-10(30)34-14-8-3-11(15(29(31)32)16(14)33-2)9-22-26-18-17(23-13-6-4-12(21)5-7-13)24-19-20(25-18)28-35-27-19/h3-9H,1-2H3,(H,23,24,27)(H,25,26,28)/b22-9+. The lowest BCUT2D eigenvalue weighted by atomic mass is 10.1. The first-order valence-electron chi connectivity index (χ1n) is 9.71. The van der Waals surface area contributed by atoms with Crippen LogP contribution >= 0.6 is 0 Å². The number of ether oxygens (including phenoxy) is 2. The second-order valence-corrected chi connectivity index (χ2v) is 6.72. The summed E-state index contributed by atoms with van der Waals surface area (Å²) in [6.07, 6.45) is 1.15. The van der Waals surface area contributed by atoms with E-state index in [0.717, 1.165) is 13.1 Å². The Morgan fingerprint density at radius 2 is 1.83 bits per heavy atom. The van der Waals surface area contributed by atoms with E-state index in [0.29, 0.717) is 5.69 Å². The summed E-state index contributed by atoms with van der Waals surface area (Å²) in [5.74, 6) is -1.23. The summed E-state index contributed by atoms with van der Waals surface area (Å²) in [7, 11) is 1.21. The number of aromatic nitrogens is 4. The predicted octanol–water partition coefficient (Wildman–Crippen LogP) is 3.18. The molecule has 0 spiro atoms. The minimum Gasteiger partial charge on any atom is -0.488 e. The highest BCUT2D eigenvalue weighted by molar-refractivity contribution is 5.89. The summed E-state index contributed by atoms with van der Waals surface area (Å²) < 4.78 is 27.9. The lowest BCUT2D eigenvalue weighted by Crippen LogP contribution is -2.07. The van der Waals surface area contributed by atoms with Crippen molar-refractivity contribution in [3.8, 4) is 11.5 Å². The Labute approximate surface area is 194 Å². The molecule has 2 aromatic heterocycles. The molecule has 0 saturated carbocycles. The molecule has 14 nitrogen and oxygen atoms in total. The number of nitrogens with zero attached hydrogens (tertiary/aromatic N) is 6. The SMILES string of the molecule is COc1c(OC(C)=O)ccc(/C=N/Nc2nc3nonc3nc2Nc2ccc(F)cc2)c1[N+](=O)[O-]. The highest BCUT2D eigenvalue weighted by Crippen LogP contribution is 2.39. The molecule has 0 aliphatic rings. The molecular formula is C20H15FN8O6. The zero-order valence-corrected chi connectivity index (χ0v) is 18.1. The van der Waals surface area contributed by atoms with E-state index in [1.807, 2.05) is 0 Å². The molecule has 0 saturated heterocycles. The van der Waals surface area contributed by atoms with Gasteiger partial charge < -0.3 is 14.8 Å². The first kappa shape index (κ1) is 23.0. The van der Waals surface area contributed by atoms with Crippen molar-refractivity contribution in [2.45, 2.75) is 6.92 Å². The van der Waals surface area contributed by atoms with Gasteiger partial charge in [0.25, 0.3) is 0 Å². The van der Waals surface area contributed by atoms with Crippen molar-refractivity contribution >= 4 is 46.5 Å². The molecule has 4 aromatic rings. The summed E-state index contributed by atoms with van der Waals surface area (Å²) in [6.45, 7) is 1.16. The Kier molecular flexibility index (Phi) is 6.39. The minimum atomic E-state index is -0.693. The maximum absolute atomic E-state index is 13.2. The third kappa shape index (κ3) is 5.08. The van der Waals surface area contributed by atoms with Gasteiger partial charge in [0.05, 0.1) is 23.8 Å². The van der Waals surface area contributed by atoms with Crippen LogP contribution in [0.3, 0.4) is 0 Å². The maximum atomic E-state index is 13.2. The van der Waals surface area contributed by atoms with E-state index in [1.165, 1.54) is 43.5 Å². The van der Waals surface area contributed by atoms with Crippen LogP contribution in [0.5, 0.6) is 11.5 Å². The van der Waals surface area contributed by atoms with Crippen LogP contribution in [0, 0.1) is 15.9 Å². The molecule has 4 rings (SSSR count). The number of carbonyl (C=O) groups is 1. The first-order valence-corrected chi connectivity index (χ1v) is 9.71. The van der Waals surface area contributed by atoms with Gasteiger partial charge in [-0.2, -0.15) is 10.1 Å². The number of methoxy groups -OCH3 is 1. The summed E-state index contributed by atoms with van der Waals surface area (Å²) in [6, 6.07) is 8.14. The van der Waals surface area contributed by atoms with Crippen molar-refractivity contribution in [1.82, 2.24) is 20.3 Å². The monoisotopic (exact) mass is 482 g/mol. The second-order valence-electron chi connectivity index (χ2n) is 6.72. The Morgan fingerprint density at radius 3 is 2.46 bits per heavy atom. The number of hydrazone groups is 1. The topological polar surface area (TPSA) is 180 Å². The minimum absolute atomic E-state index is 0.0421. The van der Waals surface area contributed by atoms with Crippen molar-refractivity contribution < 1.29 is 28.2 Å². The first-order chi connectivity index (χ1) is 16.9. The molecule has 2 heterocycles. The van der Waals surface area contributed by atoms with Crippen LogP contribution in [0.1, 0.15) is 12.5 Å². The fraction of sp³-hybridized carbons (Fsp3) is 0.100. The summed E-state index contributed by atoms with van der Waals surface area (Å²) in [5, 5.41) is 25.9. The van der Waals surface area contributed by atoms with Gasteiger partial charge >= 0.3 is 11.7 Å². The maximum Gasteiger partial charge on any atom is 0.323 e. The zero-order valence-electron chi connectivity index (χ0n) is 18.1. The number of carbonyl (C=O) groups excluding carboxylic acids is 1. The van der Waals surface area contributed by atoms with Crippen molar-refractivity contribution in [2.75, 3.05) is 17.9 Å². The molecule has 178 valence electrons. The zero-order chi connectivity index (χ0) is 24.9. The number of anilines is 3. The van der Waals surface area contributed by atoms with Crippen molar-refractivity contribution in [1.29, 1.82) is 0 Å². The molecule has 0 aliphatic heterocycles. The fourth-order valence-corrected chi connectivity index (χ4v) is 2.93. The molecule has 0 unspecified atom stereocenters. The lowest BCUT2D eigenvalue weighted by molar-refractivity contribution is -0.385. The number of nitro benzene ring substituents is 1. The van der Waals surface area contributed by atoms with Gasteiger partial charge in [0, 0.05) is 12.6 Å². The molecule has 0 aliphatic carbocycles. The van der Waals surface area contributed by atoms with Crippen LogP contribution in [-0.4, -0.2) is 44.5 Å². The van der Waals surface area contributed by atoms with Gasteiger partial charge in [0.2, 0.25) is 17.0 Å². The number of nitrogens with one attached hydrogen (secondary N) is 2. The fourth-order valence-electron chi connectivity index (χ4n) is 2.93. The van der Waals surface area contributed by atoms with Crippen molar-refractivity contribution in [2.24, 2.45) is 5.10 Å². The lowest BCUT2D eigenvalue weighted by Gasteiger charge is -2.10. The van der Waals surface area contributed by atoms with Crippen LogP contribution in [0.4, 0.5) is 27.4 Å². The largest absolute Gasteiger partial charge is 0.488 e. The number of nitro groups is 1. The Bertz CT molecular complexity index is 1440. The third-order valence-corrected chi connectivity index (χ3v) is 4.36. The van der Waals surface area contributed by atoms with Crippen LogP contribution in [0.15, 0.2) is 46.1 Å². The molecule has 0 amide bonds. The molecule has 0 radical (unpaired) electrons. The van der Waals surface area contributed by atoms with Gasteiger partial charge in [-0.1, -0.05) is 0 Å². The van der Waals surface area contributed by atoms with Crippen LogP contribution < -0.4 is 20.2 Å². The number of hydrogen-bond acceptors (Lipinski definition) is 13. The van der Waals surface area contributed by atoms with Gasteiger partial charge in [0.15, 0.2) is 17.4 Å². The van der Waals surface area contributed by atoms with E-state index in [2.05, 4.69) is 40.8 Å². The van der Waals surface area contributed by atoms with Crippen LogP contribution in [0.2, 0.25) is 0 Å². The smallest absolute Gasteiger partial charge is 0.323 e. The molecule has 2 aromatic carbocycles. The number of hydrogen-bond donors (Lipinski definition) is 2. The molecule has 15 heteroatoms. The van der Waals surface area contributed by atoms with E-state index in [9.17, 15) is 19.3 Å². The van der Waals surface area contributed by atoms with Gasteiger partial charge in [-0.15, -0.1) is 0 Å². The quantitative estimate of drug-likeness (QED) is 0.123. The van der Waals surface area contributed by atoms with E-state index >= 15 is 0 Å². The van der Waals surface area contributed by atoms with E-state index in [-0.39, 0.29) is 40.0 Å². The number of rotatable bonds is 8. The molecule has 0 fully saturated rings. The number of fused-ring (bicyclic) bond motifs is 1. The van der Waals surface area contributed by atoms with E-state index in [1.54, 1.807) is 0 Å². The Morgan fingerprint density at radius 1 is 1.14 bits per heavy atom. The van der Waals surface area contributed by atoms with Crippen molar-refractivity contribution in [3.05, 3.63) is 57.9 Å². The van der Waals surface area contributed by atoms with E-state index in [4.69, 9.17) is 9.47 Å². The molecular weight excluding hydrogens is 467 g/mol. The van der Waals surface area contributed by atoms with Gasteiger partial charge in [-0.25, -0.2) is 14.0 Å². The van der Waals surface area contributed by atoms with Crippen LogP contribution in [-0.2, 0) is 4.79 Å². The van der Waals surface area contributed by atoms with Gasteiger partial charge in [-0.3, -0.25) is 20.3 Å². The van der Waals surface area contributed by atoms with Crippen LogP contribution in [0.25, 0.3) is 11.3 Å². The number of halogens is 1. The molecule has 2 N–H and O–H groups in total. The predicted molar refractivity (Wildman–Crippen MR) is 119 cm³/mol. The summed E-state index contributed by atoms with van der Waals surface area (Å²) in [5.41, 5.74) is 2.87. The summed E-state index contributed by atoms with van der Waals surface area (Å²) in [4.78, 5) is 30.7. The normalized spacial score (nSPS) is 10.9. The highest BCUT2D eigenvalue weighted by Gasteiger charge is 2.25. The van der Waals surface area contributed by atoms with Gasteiger partial charge in [-0.05, 0) is 46.7 Å². The molecule has 0 bridgehead atoms. The molecule has 35 heavy (non-hydrogen) atoms. The van der Waals surface area contributed by atoms with Gasteiger partial charge in [0.1, 0.15) is 5.82 Å². The molecule has 0 atom stereocenters. The average Bonchev–Trinajstić information content (AvgIpc) is 3.27. The number of esters is 1. The highest BCUT2D eigenvalue weighted by atomic mass is 19.1. The average molecular weight is 482 g/mol. The summed E-state index contributed by atoms with van der Waals surface area (Å²) >= 11 is 0. The third-order valence-electron chi connectivity index (χ3n) is 4.36. The second kappa shape index (κ2) is 9.74. The van der Waals surface area contributed by atoms with Crippen molar-refractivity contribution in [3.63, 3.8) is 0 Å². The number of benzene rings is 2. The Balaban J connectivity index is 1.66.